The van der Waals surface area contributed by atoms with Gasteiger partial charge in [0.25, 0.3) is 0 Å². The first kappa shape index (κ1) is 47.0. The van der Waals surface area contributed by atoms with Crippen molar-refractivity contribution in [2.75, 3.05) is 0 Å². The summed E-state index contributed by atoms with van der Waals surface area (Å²) in [7, 11) is 0. The Balaban J connectivity index is 1.12. The van der Waals surface area contributed by atoms with Gasteiger partial charge in [0, 0.05) is 0 Å². The molecule has 71 heavy (non-hydrogen) atoms. The van der Waals surface area contributed by atoms with Crippen molar-refractivity contribution in [1.29, 1.82) is 0 Å². The Bertz CT molecular complexity index is 2960. The van der Waals surface area contributed by atoms with E-state index in [2.05, 4.69) is 97.1 Å². The van der Waals surface area contributed by atoms with Gasteiger partial charge in [0.05, 0.1) is 0 Å². The summed E-state index contributed by atoms with van der Waals surface area (Å²) < 4.78 is 15.2. The molecular formula is C64H52O4P2S. The Morgan fingerprint density at radius 2 is 0.493 bits per heavy atom. The van der Waals surface area contributed by atoms with Crippen LogP contribution in [0, 0.1) is 0 Å². The molecule has 10 rings (SSSR count). The predicted octanol–water partition coefficient (Wildman–Crippen LogP) is 13.4. The molecule has 7 heteroatoms. The molecule has 0 aliphatic heterocycles. The fourth-order valence-electron chi connectivity index (χ4n) is 10.2. The maximum atomic E-state index is 15.8. The minimum absolute atomic E-state index is 0.382. The second-order valence-electron chi connectivity index (χ2n) is 17.6. The van der Waals surface area contributed by atoms with E-state index in [0.29, 0.717) is 33.2 Å². The van der Waals surface area contributed by atoms with Crippen molar-refractivity contribution < 1.29 is 18.6 Å². The Labute approximate surface area is 421 Å². The van der Waals surface area contributed by atoms with Crippen LogP contribution in [0.1, 0.15) is 31.8 Å². The third-order valence-electron chi connectivity index (χ3n) is 13.5. The second kappa shape index (κ2) is 20.4. The Kier molecular flexibility index (Phi) is 13.5. The summed E-state index contributed by atoms with van der Waals surface area (Å²) in [4.78, 5) is 32.9. The summed E-state index contributed by atoms with van der Waals surface area (Å²) in [6.45, 7) is -8.48. The molecule has 0 saturated heterocycles. The van der Waals surface area contributed by atoms with Gasteiger partial charge in [-0.1, -0.05) is 0 Å². The molecule has 0 aromatic heterocycles. The summed E-state index contributed by atoms with van der Waals surface area (Å²) in [5.41, 5.74) is 2.84. The van der Waals surface area contributed by atoms with Crippen molar-refractivity contribution in [1.82, 2.24) is 0 Å². The Hall–Kier alpha value is -7.65. The van der Waals surface area contributed by atoms with E-state index >= 15 is 9.59 Å². The molecule has 4 nitrogen and oxygen atoms in total. The van der Waals surface area contributed by atoms with Crippen LogP contribution >= 0.6 is 25.4 Å². The standard InChI is InChI=1S/C64H52O4P2S/c65-63(67-69(53-33-13-3-14-34-53,54-35-15-4-16-36-54,55-37-17-5-18-38-55)49-51-29-9-1-10-30-51)59-45-25-27-47-61(59)71-62-48-28-26-46-60(62)64(66)68-70(56-39-19-6-20-40-56,57-41-21-7-22-42-57,58-43-23-8-24-44-58)50-52-31-11-2-12-32-52/h1-48H,49-50H2. The van der Waals surface area contributed by atoms with Gasteiger partial charge < -0.3 is 0 Å². The molecule has 0 spiro atoms. The van der Waals surface area contributed by atoms with E-state index in [-0.39, 0.29) is 0 Å². The molecule has 0 heterocycles. The van der Waals surface area contributed by atoms with Crippen molar-refractivity contribution in [3.63, 3.8) is 0 Å². The van der Waals surface area contributed by atoms with E-state index in [4.69, 9.17) is 9.05 Å². The van der Waals surface area contributed by atoms with Crippen LogP contribution in [0.5, 0.6) is 0 Å². The van der Waals surface area contributed by atoms with Gasteiger partial charge in [-0.25, -0.2) is 0 Å². The van der Waals surface area contributed by atoms with Crippen molar-refractivity contribution >= 4 is 69.2 Å². The summed E-state index contributed by atoms with van der Waals surface area (Å²) in [6.07, 6.45) is 0.860. The zero-order valence-corrected chi connectivity index (χ0v) is 41.7. The van der Waals surface area contributed by atoms with Gasteiger partial charge in [-0.2, -0.15) is 0 Å². The predicted molar refractivity (Wildman–Crippen MR) is 298 cm³/mol. The van der Waals surface area contributed by atoms with E-state index in [0.717, 1.165) is 43.0 Å². The third-order valence-corrected chi connectivity index (χ3v) is 26.0. The maximum absolute atomic E-state index is 15.8. The van der Waals surface area contributed by atoms with Gasteiger partial charge in [-0.3, -0.25) is 0 Å². The molecule has 0 N–H and O–H groups in total. The SMILES string of the molecule is O=C(OP(Cc1ccccc1)(c1ccccc1)(c1ccccc1)c1ccccc1)c1ccccc1Sc1ccccc1C(=O)OP(Cc1ccccc1)(c1ccccc1)(c1ccccc1)c1ccccc1. The molecule has 0 radical (unpaired) electrons. The average Bonchev–Trinajstić information content (AvgIpc) is 3.45. The van der Waals surface area contributed by atoms with Crippen LogP contribution in [-0.4, -0.2) is 11.9 Å². The molecule has 10 aromatic rings. The molecule has 0 bridgehead atoms. The average molecular weight is 979 g/mol. The molecule has 10 aromatic carbocycles. The van der Waals surface area contributed by atoms with Gasteiger partial charge in [0.1, 0.15) is 0 Å². The van der Waals surface area contributed by atoms with Crippen LogP contribution in [0.3, 0.4) is 0 Å². The van der Waals surface area contributed by atoms with E-state index in [1.807, 2.05) is 194 Å². The fraction of sp³-hybridized carbons (Fsp3) is 0.0312. The van der Waals surface area contributed by atoms with Gasteiger partial charge in [-0.15, -0.1) is 0 Å². The molecule has 0 unspecified atom stereocenters. The topological polar surface area (TPSA) is 52.6 Å². The number of benzene rings is 10. The molecule has 0 saturated carbocycles. The Morgan fingerprint density at radius 1 is 0.282 bits per heavy atom. The summed E-state index contributed by atoms with van der Waals surface area (Å²) in [5, 5.41) is 5.57. The van der Waals surface area contributed by atoms with Crippen LogP contribution in [0.25, 0.3) is 0 Å². The first-order valence-corrected chi connectivity index (χ1v) is 29.2. The molecule has 0 fully saturated rings. The first-order valence-electron chi connectivity index (χ1n) is 23.7. The zero-order valence-electron chi connectivity index (χ0n) is 39.1. The van der Waals surface area contributed by atoms with Gasteiger partial charge in [-0.05, 0) is 0 Å². The normalized spacial score (nSPS) is 12.6. The quantitative estimate of drug-likeness (QED) is 0.0903. The summed E-state index contributed by atoms with van der Waals surface area (Å²) in [6, 6.07) is 97.2. The third kappa shape index (κ3) is 8.62. The number of hydrogen-bond acceptors (Lipinski definition) is 5. The molecule has 0 aliphatic carbocycles. The van der Waals surface area contributed by atoms with Crippen molar-refractivity contribution in [3.05, 3.63) is 313 Å². The first-order chi connectivity index (χ1) is 34.9. The van der Waals surface area contributed by atoms with Crippen molar-refractivity contribution in [2.24, 2.45) is 0 Å². The fourth-order valence-corrected chi connectivity index (χ4v) is 22.4. The van der Waals surface area contributed by atoms with Crippen molar-refractivity contribution in [3.8, 4) is 0 Å². The number of carbonyl (C=O) groups is 2. The van der Waals surface area contributed by atoms with Crippen LogP contribution in [0.4, 0.5) is 0 Å². The van der Waals surface area contributed by atoms with Gasteiger partial charge in [0.2, 0.25) is 0 Å². The van der Waals surface area contributed by atoms with Crippen LogP contribution in [-0.2, 0) is 21.4 Å². The molecule has 0 atom stereocenters. The summed E-state index contributed by atoms with van der Waals surface area (Å²) in [5.74, 6) is -0.938. The number of rotatable bonds is 16. The Morgan fingerprint density at radius 3 is 0.746 bits per heavy atom. The van der Waals surface area contributed by atoms with E-state index in [9.17, 15) is 0 Å². The number of carbonyl (C=O) groups excluding carboxylic acids is 2. The zero-order chi connectivity index (χ0) is 48.5. The van der Waals surface area contributed by atoms with Crippen LogP contribution < -0.4 is 31.8 Å². The molecule has 0 amide bonds. The van der Waals surface area contributed by atoms with E-state index in [1.165, 1.54) is 11.8 Å². The van der Waals surface area contributed by atoms with Crippen LogP contribution in [0.15, 0.2) is 301 Å². The van der Waals surface area contributed by atoms with Gasteiger partial charge >= 0.3 is 423 Å². The van der Waals surface area contributed by atoms with Crippen molar-refractivity contribution in [2.45, 2.75) is 22.1 Å². The van der Waals surface area contributed by atoms with Gasteiger partial charge in [0.15, 0.2) is 0 Å². The van der Waals surface area contributed by atoms with E-state index < -0.39 is 25.6 Å². The van der Waals surface area contributed by atoms with E-state index in [1.54, 1.807) is 0 Å². The monoisotopic (exact) mass is 978 g/mol. The molecule has 348 valence electrons. The number of hydrogen-bond donors (Lipinski definition) is 0. The second-order valence-corrected chi connectivity index (χ2v) is 27.6. The molecule has 0 aliphatic rings. The molecular weight excluding hydrogens is 927 g/mol. The van der Waals surface area contributed by atoms with Crippen LogP contribution in [0.2, 0.25) is 0 Å². The summed E-state index contributed by atoms with van der Waals surface area (Å²) >= 11 is 1.36. The minimum atomic E-state index is -4.24.